The van der Waals surface area contributed by atoms with Crippen molar-refractivity contribution in [3.8, 4) is 0 Å². The fourth-order valence-corrected chi connectivity index (χ4v) is 3.71. The van der Waals surface area contributed by atoms with Crippen LogP contribution >= 0.6 is 0 Å². The molecule has 2 nitrogen and oxygen atoms in total. The third kappa shape index (κ3) is 1.84. The molecule has 0 amide bonds. The van der Waals surface area contributed by atoms with Gasteiger partial charge in [0.25, 0.3) is 0 Å². The van der Waals surface area contributed by atoms with Gasteiger partial charge in [-0.25, -0.2) is 8.78 Å². The fourth-order valence-electron chi connectivity index (χ4n) is 3.71. The van der Waals surface area contributed by atoms with Gasteiger partial charge < -0.3 is 0 Å². The van der Waals surface area contributed by atoms with Gasteiger partial charge in [-0.1, -0.05) is 25.0 Å². The van der Waals surface area contributed by atoms with Gasteiger partial charge in [-0.05, 0) is 36.7 Å². The van der Waals surface area contributed by atoms with Crippen LogP contribution < -0.4 is 11.3 Å². The zero-order chi connectivity index (χ0) is 12.7. The minimum Gasteiger partial charge on any atom is -0.271 e. The van der Waals surface area contributed by atoms with Crippen LogP contribution in [0.25, 0.3) is 0 Å². The van der Waals surface area contributed by atoms with E-state index in [-0.39, 0.29) is 6.04 Å². The Morgan fingerprint density at radius 3 is 2.44 bits per heavy atom. The summed E-state index contributed by atoms with van der Waals surface area (Å²) in [6, 6.07) is 4.07. The molecule has 3 N–H and O–H groups in total. The highest BCUT2D eigenvalue weighted by molar-refractivity contribution is 5.26. The average molecular weight is 252 g/mol. The van der Waals surface area contributed by atoms with Gasteiger partial charge in [-0.15, -0.1) is 0 Å². The maximum Gasteiger partial charge on any atom is 0.163 e. The lowest BCUT2D eigenvalue weighted by Gasteiger charge is -2.17. The highest BCUT2D eigenvalue weighted by atomic mass is 19.2. The van der Waals surface area contributed by atoms with E-state index in [9.17, 15) is 8.78 Å². The van der Waals surface area contributed by atoms with Crippen LogP contribution in [0.3, 0.4) is 0 Å². The van der Waals surface area contributed by atoms with Crippen molar-refractivity contribution in [1.29, 1.82) is 0 Å². The summed E-state index contributed by atoms with van der Waals surface area (Å²) < 4.78 is 27.1. The monoisotopic (exact) mass is 252 g/mol. The van der Waals surface area contributed by atoms with Crippen LogP contribution in [0.15, 0.2) is 18.2 Å². The van der Waals surface area contributed by atoms with Gasteiger partial charge >= 0.3 is 0 Å². The first-order valence-corrected chi connectivity index (χ1v) is 6.64. The van der Waals surface area contributed by atoms with Crippen molar-refractivity contribution in [3.05, 3.63) is 35.4 Å². The molecule has 4 heteroatoms. The van der Waals surface area contributed by atoms with Crippen LogP contribution in [0.4, 0.5) is 8.78 Å². The van der Waals surface area contributed by atoms with E-state index in [2.05, 4.69) is 5.43 Å². The Balaban J connectivity index is 1.87. The molecule has 0 heterocycles. The molecule has 2 saturated carbocycles. The molecule has 3 unspecified atom stereocenters. The van der Waals surface area contributed by atoms with E-state index < -0.39 is 11.6 Å². The third-order valence-corrected chi connectivity index (χ3v) is 4.60. The molecule has 3 rings (SSSR count). The molecule has 2 aliphatic carbocycles. The molecule has 0 aliphatic heterocycles. The van der Waals surface area contributed by atoms with Crippen molar-refractivity contribution < 1.29 is 8.78 Å². The van der Waals surface area contributed by atoms with E-state index in [1.54, 1.807) is 12.1 Å². The van der Waals surface area contributed by atoms with E-state index in [4.69, 9.17) is 5.84 Å². The summed E-state index contributed by atoms with van der Waals surface area (Å²) >= 11 is 0. The van der Waals surface area contributed by atoms with Gasteiger partial charge in [-0.3, -0.25) is 11.3 Å². The predicted octanol–water partition coefficient (Wildman–Crippen LogP) is 2.91. The Morgan fingerprint density at radius 1 is 1.17 bits per heavy atom. The molecule has 0 aromatic heterocycles. The highest BCUT2D eigenvalue weighted by Gasteiger charge is 2.54. The lowest BCUT2D eigenvalue weighted by molar-refractivity contribution is 0.419. The average Bonchev–Trinajstić information content (AvgIpc) is 3.10. The van der Waals surface area contributed by atoms with Gasteiger partial charge in [0.2, 0.25) is 0 Å². The number of fused-ring (bicyclic) bond motifs is 1. The summed E-state index contributed by atoms with van der Waals surface area (Å²) in [7, 11) is 0. The summed E-state index contributed by atoms with van der Waals surface area (Å²) in [5.41, 5.74) is 3.07. The Labute approximate surface area is 106 Å². The van der Waals surface area contributed by atoms with E-state index in [1.165, 1.54) is 25.7 Å². The summed E-state index contributed by atoms with van der Waals surface area (Å²) in [4.78, 5) is 0. The largest absolute Gasteiger partial charge is 0.271 e. The van der Waals surface area contributed by atoms with Crippen LogP contribution in [0.5, 0.6) is 0 Å². The second kappa shape index (κ2) is 4.59. The minimum absolute atomic E-state index is 0.256. The zero-order valence-corrected chi connectivity index (χ0v) is 10.2. The number of hydrazine groups is 1. The summed E-state index contributed by atoms with van der Waals surface area (Å²) in [5, 5.41) is 0. The van der Waals surface area contributed by atoms with Crippen molar-refractivity contribution in [3.63, 3.8) is 0 Å². The van der Waals surface area contributed by atoms with Crippen LogP contribution in [-0.4, -0.2) is 0 Å². The number of nitrogens with one attached hydrogen (secondary N) is 1. The topological polar surface area (TPSA) is 38.0 Å². The summed E-state index contributed by atoms with van der Waals surface area (Å²) in [5.74, 6) is 5.68. The molecule has 98 valence electrons. The molecule has 2 fully saturated rings. The molecule has 0 bridgehead atoms. The first kappa shape index (κ1) is 12.1. The number of rotatable bonds is 3. The Hall–Kier alpha value is -1.00. The van der Waals surface area contributed by atoms with E-state index in [0.717, 1.165) is 6.07 Å². The Bertz CT molecular complexity index is 437. The molecule has 1 aromatic rings. The first-order valence-electron chi connectivity index (χ1n) is 6.64. The van der Waals surface area contributed by atoms with E-state index in [0.29, 0.717) is 23.3 Å². The van der Waals surface area contributed by atoms with Gasteiger partial charge in [0.15, 0.2) is 11.6 Å². The smallest absolute Gasteiger partial charge is 0.163 e. The molecule has 0 radical (unpaired) electrons. The molecule has 0 saturated heterocycles. The zero-order valence-electron chi connectivity index (χ0n) is 10.2. The fraction of sp³-hybridized carbons (Fsp3) is 0.571. The molecule has 1 aromatic carbocycles. The molecule has 0 spiro atoms. The number of nitrogens with two attached hydrogens (primary N) is 1. The minimum atomic E-state index is -0.795. The van der Waals surface area contributed by atoms with Crippen molar-refractivity contribution in [1.82, 2.24) is 5.43 Å². The van der Waals surface area contributed by atoms with Crippen molar-refractivity contribution in [2.75, 3.05) is 0 Å². The molecule has 2 aliphatic rings. The SMILES string of the molecule is NNC(c1cccc(F)c1F)C1C2CCCCC21. The van der Waals surface area contributed by atoms with E-state index in [1.807, 2.05) is 0 Å². The Morgan fingerprint density at radius 2 is 1.83 bits per heavy atom. The van der Waals surface area contributed by atoms with Crippen molar-refractivity contribution in [2.45, 2.75) is 31.7 Å². The lowest BCUT2D eigenvalue weighted by Crippen LogP contribution is -2.31. The predicted molar refractivity (Wildman–Crippen MR) is 65.4 cm³/mol. The third-order valence-electron chi connectivity index (χ3n) is 4.60. The highest BCUT2D eigenvalue weighted by Crippen LogP contribution is 2.60. The van der Waals surface area contributed by atoms with Crippen LogP contribution in [0.1, 0.15) is 37.3 Å². The maximum absolute atomic E-state index is 13.8. The van der Waals surface area contributed by atoms with Crippen molar-refractivity contribution in [2.24, 2.45) is 23.6 Å². The van der Waals surface area contributed by atoms with Gasteiger partial charge in [0.05, 0.1) is 6.04 Å². The van der Waals surface area contributed by atoms with E-state index >= 15 is 0 Å². The summed E-state index contributed by atoms with van der Waals surface area (Å²) in [6.07, 6.45) is 4.90. The molecule has 18 heavy (non-hydrogen) atoms. The first-order chi connectivity index (χ1) is 8.74. The van der Waals surface area contributed by atoms with Crippen LogP contribution in [-0.2, 0) is 0 Å². The van der Waals surface area contributed by atoms with Crippen LogP contribution in [0, 0.1) is 29.4 Å². The molecular formula is C14H18F2N2. The molecule has 3 atom stereocenters. The second-order valence-corrected chi connectivity index (χ2v) is 5.48. The van der Waals surface area contributed by atoms with Crippen LogP contribution in [0.2, 0.25) is 0 Å². The molecular weight excluding hydrogens is 234 g/mol. The van der Waals surface area contributed by atoms with Gasteiger partial charge in [0.1, 0.15) is 0 Å². The lowest BCUT2D eigenvalue weighted by atomic mass is 9.99. The number of hydrogen-bond acceptors (Lipinski definition) is 2. The van der Waals surface area contributed by atoms with Crippen molar-refractivity contribution >= 4 is 0 Å². The quantitative estimate of drug-likeness (QED) is 0.641. The summed E-state index contributed by atoms with van der Waals surface area (Å²) in [6.45, 7) is 0. The second-order valence-electron chi connectivity index (χ2n) is 5.48. The number of halogens is 2. The number of benzene rings is 1. The van der Waals surface area contributed by atoms with Gasteiger partial charge in [0, 0.05) is 5.56 Å². The normalized spacial score (nSPS) is 31.8. The number of hydrogen-bond donors (Lipinski definition) is 2. The standard InChI is InChI=1S/C14H18F2N2/c15-11-7-3-6-10(13(11)16)14(18-17)12-8-4-1-2-5-9(8)12/h3,6-9,12,14,18H,1-2,4-5,17H2. The van der Waals surface area contributed by atoms with Gasteiger partial charge in [-0.2, -0.15) is 0 Å². The maximum atomic E-state index is 13.8. The Kier molecular flexibility index (Phi) is 3.08.